The Morgan fingerprint density at radius 1 is 1.18 bits per heavy atom. The second-order valence-corrected chi connectivity index (χ2v) is 11.5. The van der Waals surface area contributed by atoms with E-state index in [2.05, 4.69) is 55.8 Å². The molecule has 1 amide bonds. The number of hydrogen-bond donors (Lipinski definition) is 2. The first kappa shape index (κ1) is 25.5. The minimum absolute atomic E-state index is 0.0462. The highest BCUT2D eigenvalue weighted by Crippen LogP contribution is 2.40. The van der Waals surface area contributed by atoms with Crippen molar-refractivity contribution in [2.75, 3.05) is 68.8 Å². The topological polar surface area (TPSA) is 76.2 Å². The van der Waals surface area contributed by atoms with Gasteiger partial charge >= 0.3 is 0 Å². The normalized spacial score (nSPS) is 21.3. The maximum Gasteiger partial charge on any atom is 0.246 e. The summed E-state index contributed by atoms with van der Waals surface area (Å²) in [6.45, 7) is 10.8. The second-order valence-electron chi connectivity index (χ2n) is 10.4. The minimum atomic E-state index is 0.0462. The van der Waals surface area contributed by atoms with Gasteiger partial charge in [-0.15, -0.1) is 0 Å². The summed E-state index contributed by atoms with van der Waals surface area (Å²) in [4.78, 5) is 23.4. The van der Waals surface area contributed by atoms with Crippen LogP contribution in [0.4, 0.5) is 17.2 Å². The van der Waals surface area contributed by atoms with Gasteiger partial charge in [0.1, 0.15) is 18.2 Å². The van der Waals surface area contributed by atoms with Crippen molar-refractivity contribution >= 4 is 35.0 Å². The van der Waals surface area contributed by atoms with Gasteiger partial charge in [-0.2, -0.15) is 4.41 Å². The van der Waals surface area contributed by atoms with Crippen LogP contribution in [0.2, 0.25) is 0 Å². The van der Waals surface area contributed by atoms with Gasteiger partial charge in [-0.1, -0.05) is 24.6 Å². The molecule has 1 aromatic heterocycles. The molecule has 4 aliphatic rings. The number of hydrazine groups is 1. The summed E-state index contributed by atoms with van der Waals surface area (Å²) < 4.78 is 8.52. The zero-order valence-electron chi connectivity index (χ0n) is 22.1. The van der Waals surface area contributed by atoms with Crippen LogP contribution in [0.15, 0.2) is 43.1 Å². The van der Waals surface area contributed by atoms with Gasteiger partial charge in [0.2, 0.25) is 5.91 Å². The number of carbonyl (C=O) groups excluding carboxylic acids is 1. The monoisotopic (exact) mass is 535 g/mol. The molecule has 4 aliphatic heterocycles. The van der Waals surface area contributed by atoms with Crippen molar-refractivity contribution in [1.29, 1.82) is 0 Å². The molecule has 38 heavy (non-hydrogen) atoms. The van der Waals surface area contributed by atoms with Gasteiger partial charge in [0.05, 0.1) is 11.3 Å². The molecule has 3 saturated heterocycles. The smallest absolute Gasteiger partial charge is 0.246 e. The van der Waals surface area contributed by atoms with E-state index in [0.717, 1.165) is 87.2 Å². The molecule has 0 atom stereocenters. The maximum atomic E-state index is 11.8. The van der Waals surface area contributed by atoms with Gasteiger partial charge in [-0.3, -0.25) is 9.69 Å². The van der Waals surface area contributed by atoms with Crippen molar-refractivity contribution in [3.05, 3.63) is 54.2 Å². The molecule has 5 heterocycles. The lowest BCUT2D eigenvalue weighted by molar-refractivity contribution is -0.133. The number of amides is 1. The summed E-state index contributed by atoms with van der Waals surface area (Å²) in [6.07, 6.45) is 5.57. The van der Waals surface area contributed by atoms with Crippen LogP contribution in [-0.4, -0.2) is 89.8 Å². The molecular formula is C28H37N7O2S. The zero-order valence-corrected chi connectivity index (χ0v) is 22.9. The number of nitrogens with zero attached hydrogens (tertiary/aromatic N) is 5. The van der Waals surface area contributed by atoms with E-state index in [1.165, 1.54) is 17.3 Å². The Labute approximate surface area is 229 Å². The quantitative estimate of drug-likeness (QED) is 0.443. The number of anilines is 3. The van der Waals surface area contributed by atoms with Gasteiger partial charge in [0.25, 0.3) is 0 Å². The van der Waals surface area contributed by atoms with Gasteiger partial charge in [0, 0.05) is 56.4 Å². The van der Waals surface area contributed by atoms with Crippen LogP contribution in [0.5, 0.6) is 5.75 Å². The van der Waals surface area contributed by atoms with Crippen molar-refractivity contribution in [3.8, 4) is 5.75 Å². The number of carbonyl (C=O) groups is 1. The highest BCUT2D eigenvalue weighted by Gasteiger charge is 2.36. The number of benzene rings is 1. The van der Waals surface area contributed by atoms with E-state index < -0.39 is 0 Å². The lowest BCUT2D eigenvalue weighted by Gasteiger charge is -2.47. The summed E-state index contributed by atoms with van der Waals surface area (Å²) in [5, 5.41) is 3.62. The van der Waals surface area contributed by atoms with Gasteiger partial charge in [-0.05, 0) is 68.7 Å². The molecule has 2 N–H and O–H groups in total. The van der Waals surface area contributed by atoms with Crippen LogP contribution in [0.1, 0.15) is 29.9 Å². The van der Waals surface area contributed by atoms with E-state index in [9.17, 15) is 4.79 Å². The Morgan fingerprint density at radius 2 is 2.03 bits per heavy atom. The van der Waals surface area contributed by atoms with E-state index in [4.69, 9.17) is 9.72 Å². The number of piperidine rings is 1. The SMILES string of the molecule is C=CC(=O)N1CC(N2CCC(c3ccc4c(c3)Nc3nccc(N5CCSN(NC)CC5)c3CO4)CC2)C1. The third kappa shape index (κ3) is 5.10. The van der Waals surface area contributed by atoms with Crippen LogP contribution in [-0.2, 0) is 11.4 Å². The van der Waals surface area contributed by atoms with Crippen molar-refractivity contribution in [2.24, 2.45) is 0 Å². The molecule has 10 heteroatoms. The van der Waals surface area contributed by atoms with Crippen LogP contribution >= 0.6 is 11.9 Å². The van der Waals surface area contributed by atoms with E-state index in [1.54, 1.807) is 0 Å². The highest BCUT2D eigenvalue weighted by molar-refractivity contribution is 7.97. The Balaban J connectivity index is 1.12. The number of aromatic nitrogens is 1. The third-order valence-electron chi connectivity index (χ3n) is 8.30. The molecule has 0 saturated carbocycles. The number of fused-ring (bicyclic) bond motifs is 2. The number of pyridine rings is 1. The molecule has 3 fully saturated rings. The molecule has 0 unspecified atom stereocenters. The molecule has 0 radical (unpaired) electrons. The minimum Gasteiger partial charge on any atom is -0.487 e. The predicted molar refractivity (Wildman–Crippen MR) is 153 cm³/mol. The summed E-state index contributed by atoms with van der Waals surface area (Å²) >= 11 is 1.83. The lowest BCUT2D eigenvalue weighted by Crippen LogP contribution is -2.61. The molecule has 9 nitrogen and oxygen atoms in total. The highest BCUT2D eigenvalue weighted by atomic mass is 32.2. The van der Waals surface area contributed by atoms with Crippen LogP contribution < -0.4 is 20.4 Å². The zero-order chi connectivity index (χ0) is 26.1. The number of likely N-dealkylation sites (tertiary alicyclic amines) is 2. The van der Waals surface area contributed by atoms with Gasteiger partial charge in [0.15, 0.2) is 0 Å². The first-order valence-corrected chi connectivity index (χ1v) is 14.6. The fraction of sp³-hybridized carbons (Fsp3) is 0.500. The average Bonchev–Trinajstić information content (AvgIpc) is 3.28. The Morgan fingerprint density at radius 3 is 2.82 bits per heavy atom. The van der Waals surface area contributed by atoms with E-state index >= 15 is 0 Å². The van der Waals surface area contributed by atoms with E-state index in [0.29, 0.717) is 18.6 Å². The van der Waals surface area contributed by atoms with Crippen LogP contribution in [0.25, 0.3) is 0 Å². The van der Waals surface area contributed by atoms with Crippen molar-refractivity contribution < 1.29 is 9.53 Å². The van der Waals surface area contributed by atoms with Crippen molar-refractivity contribution in [3.63, 3.8) is 0 Å². The van der Waals surface area contributed by atoms with Crippen LogP contribution in [0.3, 0.4) is 0 Å². The maximum absolute atomic E-state index is 11.8. The predicted octanol–water partition coefficient (Wildman–Crippen LogP) is 3.20. The molecular weight excluding hydrogens is 498 g/mol. The number of nitrogens with one attached hydrogen (secondary N) is 2. The molecule has 0 spiro atoms. The molecule has 202 valence electrons. The molecule has 0 aliphatic carbocycles. The summed E-state index contributed by atoms with van der Waals surface area (Å²) in [7, 11) is 1.98. The number of hydrogen-bond acceptors (Lipinski definition) is 9. The number of ether oxygens (including phenoxy) is 1. The van der Waals surface area contributed by atoms with Gasteiger partial charge in [-0.25, -0.2) is 10.4 Å². The van der Waals surface area contributed by atoms with Crippen molar-refractivity contribution in [1.82, 2.24) is 24.6 Å². The fourth-order valence-corrected chi connectivity index (χ4v) is 6.85. The summed E-state index contributed by atoms with van der Waals surface area (Å²) in [5.41, 5.74) is 7.92. The molecule has 1 aromatic carbocycles. The first-order chi connectivity index (χ1) is 18.6. The molecule has 2 aromatic rings. The number of rotatable bonds is 5. The molecule has 6 rings (SSSR count). The Bertz CT molecular complexity index is 1180. The summed E-state index contributed by atoms with van der Waals surface area (Å²) in [5.74, 6) is 3.37. The lowest BCUT2D eigenvalue weighted by atomic mass is 9.88. The van der Waals surface area contributed by atoms with E-state index in [1.807, 2.05) is 30.1 Å². The van der Waals surface area contributed by atoms with Crippen molar-refractivity contribution in [2.45, 2.75) is 31.4 Å². The average molecular weight is 536 g/mol. The Hall–Kier alpha value is -2.79. The van der Waals surface area contributed by atoms with Crippen LogP contribution in [0, 0.1) is 0 Å². The molecule has 0 bridgehead atoms. The summed E-state index contributed by atoms with van der Waals surface area (Å²) in [6, 6.07) is 9.22. The van der Waals surface area contributed by atoms with E-state index in [-0.39, 0.29) is 5.91 Å². The third-order valence-corrected chi connectivity index (χ3v) is 9.34. The second kappa shape index (κ2) is 11.1. The largest absolute Gasteiger partial charge is 0.487 e. The Kier molecular flexibility index (Phi) is 7.47. The standard InChI is InChI=1S/C28H37N7O2S/c1-3-27(36)34-17-22(18-34)32-10-7-20(8-11-32)21-4-5-26-24(16-21)31-28-23(19-37-26)25(6-9-30-28)33-12-13-35(29-2)38-15-14-33/h3-6,9,16,20,22,29H,1,7-8,10-15,17-19H2,2H3,(H,30,31). The first-order valence-electron chi connectivity index (χ1n) is 13.6. The fourth-order valence-electron chi connectivity index (χ4n) is 5.99. The van der Waals surface area contributed by atoms with Gasteiger partial charge < -0.3 is 19.9 Å².